The highest BCUT2D eigenvalue weighted by atomic mass is 79.9. The van der Waals surface area contributed by atoms with Crippen molar-refractivity contribution in [3.63, 3.8) is 0 Å². The molecule has 4 rings (SSSR count). The summed E-state index contributed by atoms with van der Waals surface area (Å²) >= 11 is 3.64. The van der Waals surface area contributed by atoms with Crippen LogP contribution in [-0.4, -0.2) is 20.2 Å². The predicted molar refractivity (Wildman–Crippen MR) is 111 cm³/mol. The summed E-state index contributed by atoms with van der Waals surface area (Å²) in [6.45, 7) is 1.96. The number of ether oxygens (including phenoxy) is 1. The van der Waals surface area contributed by atoms with Crippen molar-refractivity contribution in [1.29, 1.82) is 0 Å². The molecule has 0 radical (unpaired) electrons. The van der Waals surface area contributed by atoms with Crippen LogP contribution in [0.1, 0.15) is 11.7 Å². The lowest BCUT2D eigenvalue weighted by atomic mass is 10.1. The van der Waals surface area contributed by atoms with Crippen LogP contribution in [-0.2, 0) is 0 Å². The number of hydrogen-bond acceptors (Lipinski definition) is 3. The van der Waals surface area contributed by atoms with Gasteiger partial charge in [0.05, 0.1) is 11.6 Å². The smallest absolute Gasteiger partial charge is 0.133 e. The van der Waals surface area contributed by atoms with Crippen LogP contribution in [0.5, 0.6) is 5.75 Å². The van der Waals surface area contributed by atoms with Crippen LogP contribution in [0.3, 0.4) is 0 Å². The second-order valence-electron chi connectivity index (χ2n) is 6.33. The number of methoxy groups -OCH3 is 1. The highest BCUT2D eigenvalue weighted by molar-refractivity contribution is 9.10. The van der Waals surface area contributed by atoms with E-state index in [9.17, 15) is 0 Å². The van der Waals surface area contributed by atoms with E-state index in [0.29, 0.717) is 0 Å². The van der Waals surface area contributed by atoms with Gasteiger partial charge in [-0.3, -0.25) is 0 Å². The highest BCUT2D eigenvalue weighted by Crippen LogP contribution is 2.39. The SMILES string of the molecule is COc1ccc(C2N(c3ccccc3)CCN2c2ccccc2)cc1Br. The van der Waals surface area contributed by atoms with E-state index in [1.54, 1.807) is 7.11 Å². The van der Waals surface area contributed by atoms with Gasteiger partial charge in [-0.05, 0) is 57.9 Å². The maximum atomic E-state index is 5.41. The fourth-order valence-corrected chi connectivity index (χ4v) is 4.17. The summed E-state index contributed by atoms with van der Waals surface area (Å²) in [6, 6.07) is 27.6. The first-order valence-electron chi connectivity index (χ1n) is 8.75. The standard InChI is InChI=1S/C22H21BrN2O/c1-26-21-13-12-17(16-20(21)23)22-24(18-8-4-2-5-9-18)14-15-25(22)19-10-6-3-7-11-19/h2-13,16,22H,14-15H2,1H3. The summed E-state index contributed by atoms with van der Waals surface area (Å²) in [7, 11) is 1.70. The molecule has 1 saturated heterocycles. The number of halogens is 1. The molecule has 1 aliphatic heterocycles. The van der Waals surface area contributed by atoms with Crippen molar-refractivity contribution in [2.75, 3.05) is 30.0 Å². The average Bonchev–Trinajstić information content (AvgIpc) is 3.14. The fraction of sp³-hybridized carbons (Fsp3) is 0.182. The number of anilines is 2. The second-order valence-corrected chi connectivity index (χ2v) is 7.18. The molecule has 4 heteroatoms. The van der Waals surface area contributed by atoms with Gasteiger partial charge in [0.1, 0.15) is 11.9 Å². The highest BCUT2D eigenvalue weighted by Gasteiger charge is 2.33. The third-order valence-corrected chi connectivity index (χ3v) is 5.44. The summed E-state index contributed by atoms with van der Waals surface area (Å²) in [5.74, 6) is 0.851. The Labute approximate surface area is 163 Å². The molecule has 1 heterocycles. The molecule has 26 heavy (non-hydrogen) atoms. The van der Waals surface area contributed by atoms with Gasteiger partial charge in [0, 0.05) is 24.5 Å². The Morgan fingerprint density at radius 3 is 1.81 bits per heavy atom. The van der Waals surface area contributed by atoms with Crippen molar-refractivity contribution in [3.8, 4) is 5.75 Å². The zero-order chi connectivity index (χ0) is 17.9. The van der Waals surface area contributed by atoms with Gasteiger partial charge >= 0.3 is 0 Å². The van der Waals surface area contributed by atoms with Crippen molar-refractivity contribution in [2.45, 2.75) is 6.17 Å². The van der Waals surface area contributed by atoms with Gasteiger partial charge in [0.2, 0.25) is 0 Å². The molecule has 0 amide bonds. The molecule has 0 atom stereocenters. The normalized spacial score (nSPS) is 14.7. The lowest BCUT2D eigenvalue weighted by molar-refractivity contribution is 0.412. The quantitative estimate of drug-likeness (QED) is 0.567. The molecule has 3 aromatic rings. The summed E-state index contributed by atoms with van der Waals surface area (Å²) < 4.78 is 6.39. The largest absolute Gasteiger partial charge is 0.496 e. The maximum Gasteiger partial charge on any atom is 0.133 e. The van der Waals surface area contributed by atoms with Gasteiger partial charge in [-0.1, -0.05) is 42.5 Å². The van der Waals surface area contributed by atoms with E-state index in [1.807, 2.05) is 6.07 Å². The first-order chi connectivity index (χ1) is 12.8. The third kappa shape index (κ3) is 3.17. The molecule has 0 aromatic heterocycles. The van der Waals surface area contributed by atoms with Gasteiger partial charge in [0.25, 0.3) is 0 Å². The van der Waals surface area contributed by atoms with Crippen LogP contribution in [0.2, 0.25) is 0 Å². The number of rotatable bonds is 4. The Kier molecular flexibility index (Phi) is 4.85. The summed E-state index contributed by atoms with van der Waals surface area (Å²) in [4.78, 5) is 4.92. The van der Waals surface area contributed by atoms with Crippen LogP contribution >= 0.6 is 15.9 Å². The minimum Gasteiger partial charge on any atom is -0.496 e. The zero-order valence-electron chi connectivity index (χ0n) is 14.7. The average molecular weight is 409 g/mol. The van der Waals surface area contributed by atoms with E-state index in [0.717, 1.165) is 23.3 Å². The molecule has 3 nitrogen and oxygen atoms in total. The molecule has 1 fully saturated rings. The summed E-state index contributed by atoms with van der Waals surface area (Å²) in [5.41, 5.74) is 3.72. The first-order valence-corrected chi connectivity index (χ1v) is 9.54. The predicted octanol–water partition coefficient (Wildman–Crippen LogP) is 5.48. The van der Waals surface area contributed by atoms with Gasteiger partial charge in [0.15, 0.2) is 0 Å². The van der Waals surface area contributed by atoms with E-state index in [-0.39, 0.29) is 6.17 Å². The topological polar surface area (TPSA) is 15.7 Å². The monoisotopic (exact) mass is 408 g/mol. The number of para-hydroxylation sites is 2. The Balaban J connectivity index is 1.78. The van der Waals surface area contributed by atoms with Crippen LogP contribution in [0.15, 0.2) is 83.3 Å². The molecule has 132 valence electrons. The molecule has 3 aromatic carbocycles. The van der Waals surface area contributed by atoms with Crippen molar-refractivity contribution in [3.05, 3.63) is 88.9 Å². The molecule has 0 aliphatic carbocycles. The minimum atomic E-state index is 0.141. The summed E-state index contributed by atoms with van der Waals surface area (Å²) in [5, 5.41) is 0. The molecular weight excluding hydrogens is 388 g/mol. The lowest BCUT2D eigenvalue weighted by Crippen LogP contribution is -2.30. The van der Waals surface area contributed by atoms with Gasteiger partial charge in [-0.2, -0.15) is 0 Å². The van der Waals surface area contributed by atoms with E-state index in [4.69, 9.17) is 4.74 Å². The van der Waals surface area contributed by atoms with Crippen LogP contribution in [0.4, 0.5) is 11.4 Å². The fourth-order valence-electron chi connectivity index (χ4n) is 3.61. The Hall–Kier alpha value is -2.46. The van der Waals surface area contributed by atoms with Gasteiger partial charge in [-0.15, -0.1) is 0 Å². The second kappa shape index (κ2) is 7.42. The molecule has 0 bridgehead atoms. The summed E-state index contributed by atoms with van der Waals surface area (Å²) in [6.07, 6.45) is 0.141. The molecule has 0 N–H and O–H groups in total. The number of benzene rings is 3. The molecular formula is C22H21BrN2O. The first kappa shape index (κ1) is 17.0. The van der Waals surface area contributed by atoms with Crippen LogP contribution < -0.4 is 14.5 Å². The van der Waals surface area contributed by atoms with Crippen molar-refractivity contribution < 1.29 is 4.74 Å². The minimum absolute atomic E-state index is 0.141. The van der Waals surface area contributed by atoms with Crippen LogP contribution in [0, 0.1) is 0 Å². The molecule has 0 saturated carbocycles. The number of nitrogens with zero attached hydrogens (tertiary/aromatic N) is 2. The van der Waals surface area contributed by atoms with E-state index in [1.165, 1.54) is 16.9 Å². The van der Waals surface area contributed by atoms with Crippen LogP contribution in [0.25, 0.3) is 0 Å². The van der Waals surface area contributed by atoms with E-state index >= 15 is 0 Å². The molecule has 0 spiro atoms. The van der Waals surface area contributed by atoms with E-state index < -0.39 is 0 Å². The lowest BCUT2D eigenvalue weighted by Gasteiger charge is -2.33. The Morgan fingerprint density at radius 1 is 0.808 bits per heavy atom. The van der Waals surface area contributed by atoms with Gasteiger partial charge < -0.3 is 14.5 Å². The van der Waals surface area contributed by atoms with E-state index in [2.05, 4.69) is 98.5 Å². The number of hydrogen-bond donors (Lipinski definition) is 0. The third-order valence-electron chi connectivity index (χ3n) is 4.82. The molecule has 1 aliphatic rings. The Morgan fingerprint density at radius 2 is 1.35 bits per heavy atom. The van der Waals surface area contributed by atoms with Crippen molar-refractivity contribution >= 4 is 27.3 Å². The zero-order valence-corrected chi connectivity index (χ0v) is 16.3. The molecule has 0 unspecified atom stereocenters. The maximum absolute atomic E-state index is 5.41. The van der Waals surface area contributed by atoms with Gasteiger partial charge in [-0.25, -0.2) is 0 Å². The van der Waals surface area contributed by atoms with Crippen molar-refractivity contribution in [1.82, 2.24) is 0 Å². The Bertz CT molecular complexity index is 822. The van der Waals surface area contributed by atoms with Crippen molar-refractivity contribution in [2.24, 2.45) is 0 Å².